The van der Waals surface area contributed by atoms with E-state index in [1.165, 1.54) is 0 Å². The van der Waals surface area contributed by atoms with Crippen molar-refractivity contribution in [1.29, 1.82) is 0 Å². The first-order chi connectivity index (χ1) is 12.1. The molecule has 1 aliphatic rings. The molecule has 0 saturated carbocycles. The molecule has 0 radical (unpaired) electrons. The molecule has 0 spiro atoms. The van der Waals surface area contributed by atoms with E-state index in [0.29, 0.717) is 18.0 Å². The van der Waals surface area contributed by atoms with Crippen molar-refractivity contribution >= 4 is 11.7 Å². The zero-order valence-electron chi connectivity index (χ0n) is 14.2. The van der Waals surface area contributed by atoms with E-state index >= 15 is 0 Å². The number of nitrogens with one attached hydrogen (secondary N) is 1. The lowest BCUT2D eigenvalue weighted by molar-refractivity contribution is 0.0518. The number of ether oxygens (including phenoxy) is 1. The maximum Gasteiger partial charge on any atom is 0.356 e. The molecule has 0 aliphatic heterocycles. The summed E-state index contributed by atoms with van der Waals surface area (Å²) in [6.45, 7) is 2.13. The summed E-state index contributed by atoms with van der Waals surface area (Å²) >= 11 is 0. The summed E-state index contributed by atoms with van der Waals surface area (Å²) in [6, 6.07) is 7.61. The molecule has 128 valence electrons. The molecule has 3 aromatic rings. The smallest absolute Gasteiger partial charge is 0.356 e. The monoisotopic (exact) mass is 337 g/mol. The summed E-state index contributed by atoms with van der Waals surface area (Å²) in [5.74, 6) is -0.363. The van der Waals surface area contributed by atoms with Crippen LogP contribution in [0.4, 0.5) is 5.69 Å². The number of carbonyl (C=O) groups is 1. The van der Waals surface area contributed by atoms with Crippen molar-refractivity contribution in [3.8, 4) is 22.5 Å². The molecule has 0 unspecified atom stereocenters. The van der Waals surface area contributed by atoms with E-state index in [1.54, 1.807) is 6.92 Å². The highest BCUT2D eigenvalue weighted by Crippen LogP contribution is 2.40. The molecule has 25 heavy (non-hydrogen) atoms. The van der Waals surface area contributed by atoms with Crippen molar-refractivity contribution in [2.45, 2.75) is 19.8 Å². The third-order valence-corrected chi connectivity index (χ3v) is 4.55. The maximum absolute atomic E-state index is 12.2. The molecule has 0 saturated heterocycles. The van der Waals surface area contributed by atoms with Gasteiger partial charge in [0.05, 0.1) is 12.2 Å². The van der Waals surface area contributed by atoms with Gasteiger partial charge in [0, 0.05) is 29.6 Å². The Morgan fingerprint density at radius 3 is 2.76 bits per heavy atom. The normalized spacial score (nSPS) is 12.6. The maximum atomic E-state index is 12.2. The fourth-order valence-electron chi connectivity index (χ4n) is 3.37. The minimum Gasteiger partial charge on any atom is -0.461 e. The lowest BCUT2D eigenvalue weighted by atomic mass is 9.90. The molecule has 0 amide bonds. The van der Waals surface area contributed by atoms with Crippen LogP contribution >= 0.6 is 0 Å². The molecule has 2 aromatic heterocycles. The lowest BCUT2D eigenvalue weighted by Gasteiger charge is -2.14. The lowest BCUT2D eigenvalue weighted by Crippen LogP contribution is -2.12. The largest absolute Gasteiger partial charge is 0.461 e. The van der Waals surface area contributed by atoms with Gasteiger partial charge >= 0.3 is 5.97 Å². The molecule has 1 aromatic carbocycles. The van der Waals surface area contributed by atoms with E-state index in [9.17, 15) is 4.79 Å². The highest BCUT2D eigenvalue weighted by atomic mass is 16.5. The van der Waals surface area contributed by atoms with Crippen molar-refractivity contribution in [2.75, 3.05) is 12.3 Å². The Bertz CT molecular complexity index is 953. The van der Waals surface area contributed by atoms with Gasteiger partial charge in [-0.25, -0.2) is 4.79 Å². The van der Waals surface area contributed by atoms with E-state index in [2.05, 4.69) is 15.3 Å². The molecule has 1 aliphatic carbocycles. The number of rotatable bonds is 3. The van der Waals surface area contributed by atoms with Gasteiger partial charge in [-0.2, -0.15) is 10.2 Å². The molecular formula is C18H19N5O2. The highest BCUT2D eigenvalue weighted by Gasteiger charge is 2.31. The Balaban J connectivity index is 1.87. The van der Waals surface area contributed by atoms with Crippen molar-refractivity contribution in [1.82, 2.24) is 20.0 Å². The third kappa shape index (κ3) is 2.39. The van der Waals surface area contributed by atoms with Crippen LogP contribution in [0.5, 0.6) is 0 Å². The Hall–Kier alpha value is -3.09. The minimum absolute atomic E-state index is 0.335. The number of fused-ring (bicyclic) bond motifs is 3. The number of hydrogen-bond donors (Lipinski definition) is 2. The number of aromatic amines is 1. The van der Waals surface area contributed by atoms with E-state index in [1.807, 2.05) is 36.0 Å². The summed E-state index contributed by atoms with van der Waals surface area (Å²) < 4.78 is 7.02. The van der Waals surface area contributed by atoms with Crippen LogP contribution < -0.4 is 5.73 Å². The third-order valence-electron chi connectivity index (χ3n) is 4.55. The molecule has 2 heterocycles. The van der Waals surface area contributed by atoms with Crippen LogP contribution in [0.1, 0.15) is 28.7 Å². The predicted molar refractivity (Wildman–Crippen MR) is 94.0 cm³/mol. The number of aromatic nitrogens is 4. The Morgan fingerprint density at radius 2 is 2.04 bits per heavy atom. The van der Waals surface area contributed by atoms with E-state index in [0.717, 1.165) is 46.6 Å². The number of anilines is 1. The first-order valence-corrected chi connectivity index (χ1v) is 8.26. The molecule has 7 nitrogen and oxygen atoms in total. The summed E-state index contributed by atoms with van der Waals surface area (Å²) in [5, 5.41) is 12.0. The van der Waals surface area contributed by atoms with E-state index < -0.39 is 0 Å². The minimum atomic E-state index is -0.363. The van der Waals surface area contributed by atoms with Gasteiger partial charge in [-0.15, -0.1) is 0 Å². The van der Waals surface area contributed by atoms with Gasteiger partial charge < -0.3 is 10.5 Å². The molecule has 7 heteroatoms. The zero-order chi connectivity index (χ0) is 17.6. The van der Waals surface area contributed by atoms with Gasteiger partial charge in [-0.05, 0) is 31.9 Å². The van der Waals surface area contributed by atoms with Gasteiger partial charge in [0.1, 0.15) is 17.1 Å². The molecule has 0 atom stereocenters. The van der Waals surface area contributed by atoms with Gasteiger partial charge in [0.2, 0.25) is 0 Å². The van der Waals surface area contributed by atoms with Crippen LogP contribution in [0.15, 0.2) is 24.3 Å². The van der Waals surface area contributed by atoms with Crippen LogP contribution in [0.3, 0.4) is 0 Å². The van der Waals surface area contributed by atoms with Crippen LogP contribution in [0, 0.1) is 0 Å². The number of aryl methyl sites for hydroxylation is 1. The molecule has 0 bridgehead atoms. The number of hydrogen-bond acceptors (Lipinski definition) is 5. The Kier molecular flexibility index (Phi) is 3.56. The van der Waals surface area contributed by atoms with Gasteiger partial charge in [-0.3, -0.25) is 9.78 Å². The first-order valence-electron chi connectivity index (χ1n) is 8.26. The predicted octanol–water partition coefficient (Wildman–Crippen LogP) is 2.33. The number of nitrogen functional groups attached to an aromatic ring is 1. The van der Waals surface area contributed by atoms with E-state index in [4.69, 9.17) is 10.5 Å². The molecular weight excluding hydrogens is 318 g/mol. The highest BCUT2D eigenvalue weighted by molar-refractivity contribution is 5.93. The number of nitrogens with two attached hydrogens (primary N) is 1. The van der Waals surface area contributed by atoms with E-state index in [-0.39, 0.29) is 5.97 Å². The van der Waals surface area contributed by atoms with Crippen molar-refractivity contribution in [2.24, 2.45) is 7.05 Å². The number of esters is 1. The summed E-state index contributed by atoms with van der Waals surface area (Å²) in [5.41, 5.74) is 12.5. The Labute approximate surface area is 144 Å². The number of nitrogens with zero attached hydrogens (tertiary/aromatic N) is 3. The Morgan fingerprint density at radius 1 is 1.28 bits per heavy atom. The quantitative estimate of drug-likeness (QED) is 0.564. The second kappa shape index (κ2) is 5.77. The standard InChI is InChI=1S/C18H19N5O2/c1-3-25-18(24)17-12-8-9-13-14(16(12)20-21-17)15(22-23(13)2)10-4-6-11(19)7-5-10/h4-7H,3,8-9,19H2,1-2H3,(H,20,21). The van der Waals surface area contributed by atoms with Crippen molar-refractivity contribution < 1.29 is 9.53 Å². The van der Waals surface area contributed by atoms with Crippen LogP contribution in [-0.4, -0.2) is 32.6 Å². The fourth-order valence-corrected chi connectivity index (χ4v) is 3.37. The van der Waals surface area contributed by atoms with Crippen LogP contribution in [0.25, 0.3) is 22.5 Å². The number of H-pyrrole nitrogens is 1. The van der Waals surface area contributed by atoms with Crippen molar-refractivity contribution in [3.63, 3.8) is 0 Å². The molecule has 3 N–H and O–H groups in total. The molecule has 0 fully saturated rings. The first kappa shape index (κ1) is 15.4. The van der Waals surface area contributed by atoms with Crippen molar-refractivity contribution in [3.05, 3.63) is 41.2 Å². The van der Waals surface area contributed by atoms with Gasteiger partial charge in [-0.1, -0.05) is 12.1 Å². The topological polar surface area (TPSA) is 98.8 Å². The molecule has 4 rings (SSSR count). The summed E-state index contributed by atoms with van der Waals surface area (Å²) in [4.78, 5) is 12.2. The fraction of sp³-hybridized carbons (Fsp3) is 0.278. The van der Waals surface area contributed by atoms with Gasteiger partial charge in [0.25, 0.3) is 0 Å². The van der Waals surface area contributed by atoms with Crippen LogP contribution in [0.2, 0.25) is 0 Å². The average Bonchev–Trinajstić information content (AvgIpc) is 3.17. The zero-order valence-corrected chi connectivity index (χ0v) is 14.2. The second-order valence-electron chi connectivity index (χ2n) is 6.06. The SMILES string of the molecule is CCOC(=O)c1[nH]nc2c1CCc1c-2c(-c2ccc(N)cc2)nn1C. The number of benzene rings is 1. The van der Waals surface area contributed by atoms with Crippen LogP contribution in [-0.2, 0) is 24.6 Å². The summed E-state index contributed by atoms with van der Waals surface area (Å²) in [7, 11) is 1.93. The average molecular weight is 337 g/mol. The number of carbonyl (C=O) groups excluding carboxylic acids is 1. The van der Waals surface area contributed by atoms with Gasteiger partial charge in [0.15, 0.2) is 0 Å². The second-order valence-corrected chi connectivity index (χ2v) is 6.06. The summed E-state index contributed by atoms with van der Waals surface area (Å²) in [6.07, 6.45) is 1.53.